The average molecular weight is 504 g/mol. The van der Waals surface area contributed by atoms with Gasteiger partial charge in [0.2, 0.25) is 5.95 Å². The summed E-state index contributed by atoms with van der Waals surface area (Å²) in [7, 11) is 1.76. The van der Waals surface area contributed by atoms with Crippen LogP contribution in [-0.2, 0) is 4.74 Å². The van der Waals surface area contributed by atoms with Crippen LogP contribution in [0, 0.1) is 11.3 Å². The van der Waals surface area contributed by atoms with Gasteiger partial charge in [-0.05, 0) is 49.5 Å². The van der Waals surface area contributed by atoms with Crippen LogP contribution in [-0.4, -0.2) is 57.8 Å². The molecule has 1 unspecified atom stereocenters. The molecular weight excluding hydrogens is 478 g/mol. The fourth-order valence-corrected chi connectivity index (χ4v) is 3.51. The first-order chi connectivity index (χ1) is 15.2. The number of nitriles is 1. The van der Waals surface area contributed by atoms with Gasteiger partial charge in [0, 0.05) is 25.9 Å². The van der Waals surface area contributed by atoms with Crippen LogP contribution in [0.25, 0.3) is 0 Å². The lowest BCUT2D eigenvalue weighted by molar-refractivity contribution is 0.00770. The van der Waals surface area contributed by atoms with Crippen molar-refractivity contribution < 1.29 is 14.3 Å². The highest BCUT2D eigenvalue weighted by Gasteiger charge is 2.29. The van der Waals surface area contributed by atoms with Crippen LogP contribution in [0.2, 0.25) is 0 Å². The van der Waals surface area contributed by atoms with E-state index in [9.17, 15) is 10.1 Å². The minimum absolute atomic E-state index is 0.164. The van der Waals surface area contributed by atoms with Gasteiger partial charge in [-0.3, -0.25) is 0 Å². The Balaban J connectivity index is 1.73. The number of carbonyl (C=O) groups excluding carboxylic acids is 1. The molecule has 0 saturated carbocycles. The molecule has 0 bridgehead atoms. The van der Waals surface area contributed by atoms with Crippen LogP contribution in [0.1, 0.15) is 39.3 Å². The van der Waals surface area contributed by atoms with E-state index >= 15 is 0 Å². The zero-order valence-corrected chi connectivity index (χ0v) is 20.1. The number of rotatable bonds is 5. The highest BCUT2D eigenvalue weighted by atomic mass is 79.9. The number of nitrogens with one attached hydrogen (secondary N) is 2. The summed E-state index contributed by atoms with van der Waals surface area (Å²) in [6.45, 7) is 6.48. The summed E-state index contributed by atoms with van der Waals surface area (Å²) in [4.78, 5) is 26.8. The van der Waals surface area contributed by atoms with Crippen LogP contribution >= 0.6 is 15.9 Å². The third-order valence-corrected chi connectivity index (χ3v) is 5.10. The van der Waals surface area contributed by atoms with E-state index in [1.807, 2.05) is 20.8 Å². The van der Waals surface area contributed by atoms with E-state index < -0.39 is 5.60 Å². The molecule has 1 saturated heterocycles. The van der Waals surface area contributed by atoms with Crippen LogP contribution in [0.5, 0.6) is 5.75 Å². The Morgan fingerprint density at radius 3 is 2.81 bits per heavy atom. The number of anilines is 3. The molecule has 10 nitrogen and oxygen atoms in total. The van der Waals surface area contributed by atoms with E-state index in [1.54, 1.807) is 24.2 Å². The summed E-state index contributed by atoms with van der Waals surface area (Å²) in [6, 6.07) is 3.73. The Morgan fingerprint density at radius 2 is 2.12 bits per heavy atom. The van der Waals surface area contributed by atoms with E-state index in [0.717, 1.165) is 17.3 Å². The van der Waals surface area contributed by atoms with Crippen molar-refractivity contribution in [3.63, 3.8) is 0 Å². The SMILES string of the molecule is CNc1nc(Nc2cnc(C#N)c(OC3CCCN(C(=O)OC(C)(C)C)C3)c2)ncc1Br. The number of halogens is 1. The van der Waals surface area contributed by atoms with Crippen molar-refractivity contribution >= 4 is 39.5 Å². The molecule has 1 amide bonds. The van der Waals surface area contributed by atoms with Crippen molar-refractivity contribution in [2.75, 3.05) is 30.8 Å². The molecule has 1 atom stereocenters. The second kappa shape index (κ2) is 9.99. The Hall–Kier alpha value is -3.13. The minimum atomic E-state index is -0.564. The molecule has 11 heteroatoms. The fraction of sp³-hybridized carbons (Fsp3) is 0.476. The number of carbonyl (C=O) groups is 1. The molecule has 0 spiro atoms. The maximum Gasteiger partial charge on any atom is 0.410 e. The van der Waals surface area contributed by atoms with Crippen molar-refractivity contribution in [1.82, 2.24) is 19.9 Å². The Labute approximate surface area is 195 Å². The summed E-state index contributed by atoms with van der Waals surface area (Å²) in [5.74, 6) is 1.33. The number of ether oxygens (including phenoxy) is 2. The van der Waals surface area contributed by atoms with Crippen LogP contribution in [0.3, 0.4) is 0 Å². The molecule has 2 aromatic heterocycles. The van der Waals surface area contributed by atoms with Gasteiger partial charge in [-0.1, -0.05) is 0 Å². The maximum absolute atomic E-state index is 12.4. The van der Waals surface area contributed by atoms with Gasteiger partial charge in [-0.25, -0.2) is 14.8 Å². The van der Waals surface area contributed by atoms with Crippen LogP contribution in [0.4, 0.5) is 22.2 Å². The first kappa shape index (κ1) is 23.5. The van der Waals surface area contributed by atoms with Crippen molar-refractivity contribution in [1.29, 1.82) is 5.26 Å². The molecule has 1 aliphatic rings. The molecule has 0 aliphatic carbocycles. The number of piperidine rings is 1. The van der Waals surface area contributed by atoms with Crippen molar-refractivity contribution in [3.05, 3.63) is 28.6 Å². The first-order valence-corrected chi connectivity index (χ1v) is 11.0. The van der Waals surface area contributed by atoms with Crippen LogP contribution < -0.4 is 15.4 Å². The van der Waals surface area contributed by atoms with Crippen LogP contribution in [0.15, 0.2) is 22.9 Å². The molecule has 1 aliphatic heterocycles. The quantitative estimate of drug-likeness (QED) is 0.620. The Morgan fingerprint density at radius 1 is 1.34 bits per heavy atom. The average Bonchev–Trinajstić information content (AvgIpc) is 2.74. The zero-order valence-electron chi connectivity index (χ0n) is 18.5. The van der Waals surface area contributed by atoms with Gasteiger partial charge in [-0.15, -0.1) is 0 Å². The highest BCUT2D eigenvalue weighted by Crippen LogP contribution is 2.27. The van der Waals surface area contributed by atoms with E-state index in [1.165, 1.54) is 6.20 Å². The summed E-state index contributed by atoms with van der Waals surface area (Å²) in [6.07, 6.45) is 4.03. The molecule has 2 aromatic rings. The van der Waals surface area contributed by atoms with Gasteiger partial charge in [0.1, 0.15) is 23.6 Å². The highest BCUT2D eigenvalue weighted by molar-refractivity contribution is 9.10. The molecule has 32 heavy (non-hydrogen) atoms. The third kappa shape index (κ3) is 6.20. The number of nitrogens with zero attached hydrogens (tertiary/aromatic N) is 5. The lowest BCUT2D eigenvalue weighted by Crippen LogP contribution is -2.46. The summed E-state index contributed by atoms with van der Waals surface area (Å²) < 4.78 is 12.3. The van der Waals surface area contributed by atoms with Gasteiger partial charge in [0.15, 0.2) is 11.4 Å². The predicted octanol–water partition coefficient (Wildman–Crippen LogP) is 4.07. The second-order valence-corrected chi connectivity index (χ2v) is 9.11. The number of hydrogen-bond acceptors (Lipinski definition) is 9. The number of aromatic nitrogens is 3. The summed E-state index contributed by atoms with van der Waals surface area (Å²) in [5, 5.41) is 15.5. The van der Waals surface area contributed by atoms with Crippen molar-refractivity contribution in [3.8, 4) is 11.8 Å². The number of hydrogen-bond donors (Lipinski definition) is 2. The van der Waals surface area contributed by atoms with E-state index in [4.69, 9.17) is 9.47 Å². The molecule has 3 heterocycles. The maximum atomic E-state index is 12.4. The Bertz CT molecular complexity index is 1020. The molecule has 2 N–H and O–H groups in total. The molecule has 3 rings (SSSR count). The smallest absolute Gasteiger partial charge is 0.410 e. The van der Waals surface area contributed by atoms with E-state index in [2.05, 4.69) is 47.6 Å². The minimum Gasteiger partial charge on any atom is -0.485 e. The van der Waals surface area contributed by atoms with Gasteiger partial charge < -0.3 is 25.0 Å². The van der Waals surface area contributed by atoms with Gasteiger partial charge in [0.05, 0.1) is 22.9 Å². The van der Waals surface area contributed by atoms with Crippen molar-refractivity contribution in [2.24, 2.45) is 0 Å². The summed E-state index contributed by atoms with van der Waals surface area (Å²) in [5.41, 5.74) is 0.172. The topological polar surface area (TPSA) is 125 Å². The number of pyridine rings is 1. The summed E-state index contributed by atoms with van der Waals surface area (Å²) >= 11 is 3.37. The molecule has 0 aromatic carbocycles. The van der Waals surface area contributed by atoms with Gasteiger partial charge in [-0.2, -0.15) is 10.2 Å². The number of amides is 1. The standard InChI is InChI=1S/C21H26BrN7O3/c1-21(2,3)32-20(30)29-7-5-6-14(12-29)31-17-8-13(10-25-16(17)9-23)27-19-26-11-15(22)18(24-4)28-19/h8,10-11,14H,5-7,12H2,1-4H3,(H2,24,26,27,28). The van der Waals surface area contributed by atoms with Crippen molar-refractivity contribution in [2.45, 2.75) is 45.3 Å². The Kier molecular flexibility index (Phi) is 7.35. The van der Waals surface area contributed by atoms with Gasteiger partial charge >= 0.3 is 6.09 Å². The lowest BCUT2D eigenvalue weighted by Gasteiger charge is -2.34. The fourth-order valence-electron chi connectivity index (χ4n) is 3.12. The lowest BCUT2D eigenvalue weighted by atomic mass is 10.1. The zero-order chi connectivity index (χ0) is 23.3. The molecule has 170 valence electrons. The molecular formula is C21H26BrN7O3. The largest absolute Gasteiger partial charge is 0.485 e. The second-order valence-electron chi connectivity index (χ2n) is 8.26. The monoisotopic (exact) mass is 503 g/mol. The van der Waals surface area contributed by atoms with E-state index in [-0.39, 0.29) is 17.9 Å². The molecule has 1 fully saturated rings. The predicted molar refractivity (Wildman–Crippen MR) is 123 cm³/mol. The molecule has 0 radical (unpaired) electrons. The first-order valence-electron chi connectivity index (χ1n) is 10.2. The van der Waals surface area contributed by atoms with E-state index in [0.29, 0.717) is 36.3 Å². The van der Waals surface area contributed by atoms with Gasteiger partial charge in [0.25, 0.3) is 0 Å². The third-order valence-electron chi connectivity index (χ3n) is 4.52. The number of likely N-dealkylation sites (tertiary alicyclic amines) is 1. The normalized spacial score (nSPS) is 16.1.